The number of nitrogens with one attached hydrogen (secondary N) is 1. The summed E-state index contributed by atoms with van der Waals surface area (Å²) in [4.78, 5) is 26.1. The molecular formula is C16H19ClN2O2. The zero-order valence-corrected chi connectivity index (χ0v) is 12.6. The lowest BCUT2D eigenvalue weighted by atomic mass is 10.0. The summed E-state index contributed by atoms with van der Waals surface area (Å²) >= 11 is 6.03. The van der Waals surface area contributed by atoms with Gasteiger partial charge < -0.3 is 10.2 Å². The molecule has 2 aliphatic rings. The Morgan fingerprint density at radius 3 is 2.38 bits per heavy atom. The van der Waals surface area contributed by atoms with E-state index in [-0.39, 0.29) is 17.9 Å². The van der Waals surface area contributed by atoms with E-state index in [1.54, 1.807) is 24.3 Å². The molecule has 1 saturated heterocycles. The topological polar surface area (TPSA) is 49.4 Å². The molecule has 0 spiro atoms. The highest BCUT2D eigenvalue weighted by molar-refractivity contribution is 6.33. The Balaban J connectivity index is 1.52. The number of hydrogen-bond acceptors (Lipinski definition) is 2. The van der Waals surface area contributed by atoms with Crippen LogP contribution in [0.15, 0.2) is 24.3 Å². The Kier molecular flexibility index (Phi) is 4.15. The number of carbonyl (C=O) groups excluding carboxylic acids is 2. The van der Waals surface area contributed by atoms with Gasteiger partial charge in [0.1, 0.15) is 0 Å². The monoisotopic (exact) mass is 306 g/mol. The van der Waals surface area contributed by atoms with E-state index in [0.29, 0.717) is 16.5 Å². The summed E-state index contributed by atoms with van der Waals surface area (Å²) in [6.45, 7) is 1.48. The zero-order valence-electron chi connectivity index (χ0n) is 11.8. The summed E-state index contributed by atoms with van der Waals surface area (Å²) in [5, 5.41) is 3.49. The van der Waals surface area contributed by atoms with E-state index < -0.39 is 0 Å². The minimum Gasteiger partial charge on any atom is -0.349 e. The molecule has 21 heavy (non-hydrogen) atoms. The number of carbonyl (C=O) groups is 2. The minimum absolute atomic E-state index is 0.122. The molecule has 112 valence electrons. The number of halogens is 1. The molecule has 2 fully saturated rings. The van der Waals surface area contributed by atoms with Gasteiger partial charge in [-0.3, -0.25) is 9.59 Å². The number of piperidine rings is 1. The van der Waals surface area contributed by atoms with Crippen molar-refractivity contribution in [3.63, 3.8) is 0 Å². The SMILES string of the molecule is O=C(NC1CCN(C(=O)C2CC2)CC1)c1ccccc1Cl. The fourth-order valence-electron chi connectivity index (χ4n) is 2.74. The number of likely N-dealkylation sites (tertiary alicyclic amines) is 1. The van der Waals surface area contributed by atoms with E-state index in [2.05, 4.69) is 5.32 Å². The van der Waals surface area contributed by atoms with E-state index in [0.717, 1.165) is 38.8 Å². The third kappa shape index (κ3) is 3.38. The van der Waals surface area contributed by atoms with Crippen molar-refractivity contribution in [1.29, 1.82) is 0 Å². The number of benzene rings is 1. The highest BCUT2D eigenvalue weighted by atomic mass is 35.5. The van der Waals surface area contributed by atoms with Crippen LogP contribution in [0.5, 0.6) is 0 Å². The summed E-state index contributed by atoms with van der Waals surface area (Å²) in [5.41, 5.74) is 0.510. The van der Waals surface area contributed by atoms with Gasteiger partial charge >= 0.3 is 0 Å². The lowest BCUT2D eigenvalue weighted by Gasteiger charge is -2.32. The second kappa shape index (κ2) is 6.06. The van der Waals surface area contributed by atoms with Gasteiger partial charge in [-0.25, -0.2) is 0 Å². The molecule has 2 amide bonds. The largest absolute Gasteiger partial charge is 0.349 e. The summed E-state index contributed by atoms with van der Waals surface area (Å²) in [6, 6.07) is 7.17. The van der Waals surface area contributed by atoms with E-state index in [4.69, 9.17) is 11.6 Å². The molecule has 1 aromatic carbocycles. The van der Waals surface area contributed by atoms with Crippen molar-refractivity contribution in [3.05, 3.63) is 34.9 Å². The third-order valence-corrected chi connectivity index (χ3v) is 4.52. The van der Waals surface area contributed by atoms with Crippen LogP contribution < -0.4 is 5.32 Å². The van der Waals surface area contributed by atoms with Crippen molar-refractivity contribution < 1.29 is 9.59 Å². The van der Waals surface area contributed by atoms with Crippen molar-refractivity contribution in [1.82, 2.24) is 10.2 Å². The average Bonchev–Trinajstić information content (AvgIpc) is 3.32. The summed E-state index contributed by atoms with van der Waals surface area (Å²) in [7, 11) is 0. The molecule has 1 saturated carbocycles. The normalized spacial score (nSPS) is 19.4. The van der Waals surface area contributed by atoms with Crippen LogP contribution in [0.2, 0.25) is 5.02 Å². The Morgan fingerprint density at radius 2 is 1.76 bits per heavy atom. The van der Waals surface area contributed by atoms with Crippen molar-refractivity contribution in [2.75, 3.05) is 13.1 Å². The first kappa shape index (κ1) is 14.4. The molecule has 1 heterocycles. The Morgan fingerprint density at radius 1 is 1.10 bits per heavy atom. The Labute approximate surface area is 129 Å². The molecule has 1 N–H and O–H groups in total. The zero-order chi connectivity index (χ0) is 14.8. The van der Waals surface area contributed by atoms with Gasteiger partial charge in [0.15, 0.2) is 0 Å². The fraction of sp³-hybridized carbons (Fsp3) is 0.500. The Hall–Kier alpha value is -1.55. The summed E-state index contributed by atoms with van der Waals surface area (Å²) < 4.78 is 0. The quantitative estimate of drug-likeness (QED) is 0.932. The van der Waals surface area contributed by atoms with Crippen LogP contribution >= 0.6 is 11.6 Å². The van der Waals surface area contributed by atoms with Crippen LogP contribution in [0.25, 0.3) is 0 Å². The molecule has 5 heteroatoms. The second-order valence-electron chi connectivity index (χ2n) is 5.83. The number of hydrogen-bond donors (Lipinski definition) is 1. The first-order valence-electron chi connectivity index (χ1n) is 7.49. The standard InChI is InChI=1S/C16H19ClN2O2/c17-14-4-2-1-3-13(14)15(20)18-12-7-9-19(10-8-12)16(21)11-5-6-11/h1-4,11-12H,5-10H2,(H,18,20). The highest BCUT2D eigenvalue weighted by Gasteiger charge is 2.35. The van der Waals surface area contributed by atoms with Crippen LogP contribution in [0.1, 0.15) is 36.0 Å². The maximum Gasteiger partial charge on any atom is 0.253 e. The van der Waals surface area contributed by atoms with Crippen molar-refractivity contribution in [2.45, 2.75) is 31.7 Å². The molecule has 0 bridgehead atoms. The van der Waals surface area contributed by atoms with E-state index in [1.165, 1.54) is 0 Å². The predicted octanol–water partition coefficient (Wildman–Crippen LogP) is 2.47. The first-order chi connectivity index (χ1) is 10.1. The molecule has 0 aromatic heterocycles. The molecule has 4 nitrogen and oxygen atoms in total. The highest BCUT2D eigenvalue weighted by Crippen LogP contribution is 2.31. The first-order valence-corrected chi connectivity index (χ1v) is 7.87. The van der Waals surface area contributed by atoms with Gasteiger partial charge in [-0.1, -0.05) is 23.7 Å². The van der Waals surface area contributed by atoms with E-state index in [1.807, 2.05) is 4.90 Å². The number of rotatable bonds is 3. The minimum atomic E-state index is -0.132. The third-order valence-electron chi connectivity index (χ3n) is 4.19. The lowest BCUT2D eigenvalue weighted by molar-refractivity contribution is -0.133. The van der Waals surface area contributed by atoms with Crippen LogP contribution in [0.3, 0.4) is 0 Å². The predicted molar refractivity (Wildman–Crippen MR) is 81.2 cm³/mol. The van der Waals surface area contributed by atoms with E-state index in [9.17, 15) is 9.59 Å². The number of amides is 2. The van der Waals surface area contributed by atoms with Crippen molar-refractivity contribution in [3.8, 4) is 0 Å². The van der Waals surface area contributed by atoms with Crippen LogP contribution in [-0.2, 0) is 4.79 Å². The summed E-state index contributed by atoms with van der Waals surface area (Å²) in [5.74, 6) is 0.442. The van der Waals surface area contributed by atoms with Gasteiger partial charge in [-0.2, -0.15) is 0 Å². The molecule has 0 radical (unpaired) electrons. The van der Waals surface area contributed by atoms with Crippen molar-refractivity contribution in [2.24, 2.45) is 5.92 Å². The van der Waals surface area contributed by atoms with Crippen LogP contribution in [0.4, 0.5) is 0 Å². The van der Waals surface area contributed by atoms with Crippen LogP contribution in [0, 0.1) is 5.92 Å². The van der Waals surface area contributed by atoms with Crippen LogP contribution in [-0.4, -0.2) is 35.8 Å². The summed E-state index contributed by atoms with van der Waals surface area (Å²) in [6.07, 6.45) is 3.72. The lowest BCUT2D eigenvalue weighted by Crippen LogP contribution is -2.47. The molecule has 1 aliphatic carbocycles. The van der Waals surface area contributed by atoms with Gasteiger partial charge in [-0.15, -0.1) is 0 Å². The average molecular weight is 307 g/mol. The van der Waals surface area contributed by atoms with Gasteiger partial charge in [0.2, 0.25) is 5.91 Å². The van der Waals surface area contributed by atoms with Gasteiger partial charge in [0, 0.05) is 25.0 Å². The maximum atomic E-state index is 12.2. The molecular weight excluding hydrogens is 288 g/mol. The smallest absolute Gasteiger partial charge is 0.253 e. The maximum absolute atomic E-state index is 12.2. The van der Waals surface area contributed by atoms with Gasteiger partial charge in [-0.05, 0) is 37.8 Å². The number of nitrogens with zero attached hydrogens (tertiary/aromatic N) is 1. The van der Waals surface area contributed by atoms with Crippen molar-refractivity contribution >= 4 is 23.4 Å². The van der Waals surface area contributed by atoms with Gasteiger partial charge in [0.25, 0.3) is 5.91 Å². The fourth-order valence-corrected chi connectivity index (χ4v) is 2.96. The van der Waals surface area contributed by atoms with E-state index >= 15 is 0 Å². The molecule has 3 rings (SSSR count). The van der Waals surface area contributed by atoms with Gasteiger partial charge in [0.05, 0.1) is 10.6 Å². The second-order valence-corrected chi connectivity index (χ2v) is 6.23. The Bertz CT molecular complexity index is 549. The molecule has 1 aliphatic heterocycles. The molecule has 0 unspecified atom stereocenters. The molecule has 0 atom stereocenters. The molecule has 1 aromatic rings.